The summed E-state index contributed by atoms with van der Waals surface area (Å²) < 4.78 is 5.50. The Kier molecular flexibility index (Phi) is 9.33. The van der Waals surface area contributed by atoms with Crippen LogP contribution in [-0.2, 0) is 4.79 Å². The van der Waals surface area contributed by atoms with Gasteiger partial charge in [-0.1, -0.05) is 27.7 Å². The van der Waals surface area contributed by atoms with Gasteiger partial charge in [0.1, 0.15) is 5.76 Å². The van der Waals surface area contributed by atoms with E-state index >= 15 is 0 Å². The van der Waals surface area contributed by atoms with E-state index in [-0.39, 0.29) is 30.3 Å². The molecule has 1 amide bonds. The highest BCUT2D eigenvalue weighted by Gasteiger charge is 2.23. The topological polar surface area (TPSA) is 71.5 Å². The summed E-state index contributed by atoms with van der Waals surface area (Å²) >= 11 is 0. The van der Waals surface area contributed by atoms with E-state index in [9.17, 15) is 4.79 Å². The second kappa shape index (κ2) is 9.82. The van der Waals surface area contributed by atoms with Crippen molar-refractivity contribution in [3.8, 4) is 0 Å². The molecule has 1 aromatic heterocycles. The van der Waals surface area contributed by atoms with Gasteiger partial charge < -0.3 is 15.5 Å². The average Bonchev–Trinajstić information content (AvgIpc) is 2.95. The van der Waals surface area contributed by atoms with Gasteiger partial charge in [-0.2, -0.15) is 0 Å². The first kappa shape index (κ1) is 20.0. The second-order valence-electron chi connectivity index (χ2n) is 5.27. The maximum Gasteiger partial charge on any atom is 0.237 e. The average molecular weight is 318 g/mol. The van der Waals surface area contributed by atoms with Crippen LogP contribution in [0, 0.1) is 5.92 Å². The first-order valence-electron chi connectivity index (χ1n) is 7.31. The van der Waals surface area contributed by atoms with Crippen LogP contribution in [-0.4, -0.2) is 36.5 Å². The maximum atomic E-state index is 12.0. The third kappa shape index (κ3) is 5.69. The number of carbonyl (C=O) groups is 1. The zero-order chi connectivity index (χ0) is 15.1. The molecule has 5 nitrogen and oxygen atoms in total. The molecule has 3 N–H and O–H groups in total. The lowest BCUT2D eigenvalue weighted by Gasteiger charge is -2.28. The molecule has 122 valence electrons. The number of likely N-dealkylation sites (N-methyl/N-ethyl adjacent to an activating group) is 1. The number of hydrogen-bond donors (Lipinski definition) is 2. The lowest BCUT2D eigenvalue weighted by atomic mass is 10.0. The van der Waals surface area contributed by atoms with Crippen LogP contribution in [0.25, 0.3) is 0 Å². The van der Waals surface area contributed by atoms with Crippen LogP contribution in [0.1, 0.15) is 39.5 Å². The Hall–Kier alpha value is -1.04. The van der Waals surface area contributed by atoms with E-state index in [2.05, 4.69) is 24.1 Å². The van der Waals surface area contributed by atoms with Gasteiger partial charge in [-0.05, 0) is 31.1 Å². The van der Waals surface area contributed by atoms with Crippen molar-refractivity contribution >= 4 is 18.3 Å². The normalized spacial score (nSPS) is 13.9. The van der Waals surface area contributed by atoms with Crippen LogP contribution in [0.15, 0.2) is 22.8 Å². The zero-order valence-electron chi connectivity index (χ0n) is 13.3. The summed E-state index contributed by atoms with van der Waals surface area (Å²) in [5, 5.41) is 2.94. The molecule has 0 fully saturated rings. The number of rotatable bonds is 8. The van der Waals surface area contributed by atoms with E-state index in [1.165, 1.54) is 0 Å². The minimum absolute atomic E-state index is 0. The van der Waals surface area contributed by atoms with Crippen molar-refractivity contribution in [2.45, 2.75) is 39.8 Å². The Balaban J connectivity index is 0.00000400. The SMILES string of the molecule is CCN(CC)C(CNC(=O)[C@@H](N)C(C)C)c1ccco1.Cl. The van der Waals surface area contributed by atoms with Gasteiger partial charge in [0.2, 0.25) is 5.91 Å². The predicted octanol–water partition coefficient (Wildman–Crippen LogP) is 2.18. The van der Waals surface area contributed by atoms with E-state index < -0.39 is 6.04 Å². The Bertz CT molecular complexity index is 392. The fourth-order valence-corrected chi connectivity index (χ4v) is 2.17. The summed E-state index contributed by atoms with van der Waals surface area (Å²) in [6, 6.07) is 3.39. The van der Waals surface area contributed by atoms with E-state index in [1.54, 1.807) is 6.26 Å². The molecule has 2 atom stereocenters. The van der Waals surface area contributed by atoms with Crippen molar-refractivity contribution < 1.29 is 9.21 Å². The number of carbonyl (C=O) groups excluding carboxylic acids is 1. The fraction of sp³-hybridized carbons (Fsp3) is 0.667. The summed E-state index contributed by atoms with van der Waals surface area (Å²) in [5.41, 5.74) is 5.86. The molecule has 1 heterocycles. The summed E-state index contributed by atoms with van der Waals surface area (Å²) in [6.07, 6.45) is 1.66. The highest BCUT2D eigenvalue weighted by atomic mass is 35.5. The van der Waals surface area contributed by atoms with E-state index in [0.717, 1.165) is 18.8 Å². The van der Waals surface area contributed by atoms with E-state index in [1.807, 2.05) is 26.0 Å². The Morgan fingerprint density at radius 2 is 2.00 bits per heavy atom. The molecule has 0 aromatic carbocycles. The van der Waals surface area contributed by atoms with Gasteiger partial charge in [-0.25, -0.2) is 0 Å². The molecular weight excluding hydrogens is 290 g/mol. The van der Waals surface area contributed by atoms with Gasteiger partial charge in [0.25, 0.3) is 0 Å². The van der Waals surface area contributed by atoms with Crippen LogP contribution in [0.5, 0.6) is 0 Å². The van der Waals surface area contributed by atoms with Crippen LogP contribution in [0.3, 0.4) is 0 Å². The molecule has 0 spiro atoms. The minimum Gasteiger partial charge on any atom is -0.468 e. The summed E-state index contributed by atoms with van der Waals surface area (Å²) in [5.74, 6) is 0.890. The third-order valence-electron chi connectivity index (χ3n) is 3.62. The maximum absolute atomic E-state index is 12.0. The molecule has 0 aliphatic rings. The molecule has 1 unspecified atom stereocenters. The molecule has 6 heteroatoms. The number of furan rings is 1. The number of nitrogens with zero attached hydrogens (tertiary/aromatic N) is 1. The predicted molar refractivity (Wildman–Crippen MR) is 87.4 cm³/mol. The zero-order valence-corrected chi connectivity index (χ0v) is 14.2. The fourth-order valence-electron chi connectivity index (χ4n) is 2.17. The van der Waals surface area contributed by atoms with Crippen molar-refractivity contribution in [3.05, 3.63) is 24.2 Å². The molecular formula is C15H28ClN3O2. The van der Waals surface area contributed by atoms with Gasteiger partial charge in [0.15, 0.2) is 0 Å². The third-order valence-corrected chi connectivity index (χ3v) is 3.62. The molecule has 1 rings (SSSR count). The second-order valence-corrected chi connectivity index (χ2v) is 5.27. The standard InChI is InChI=1S/C15H27N3O2.ClH/c1-5-18(6-2)12(13-8-7-9-20-13)10-17-15(19)14(16)11(3)4;/h7-9,11-12,14H,5-6,10,16H2,1-4H3,(H,17,19);1H/t12?,14-;/m0./s1. The number of halogens is 1. The van der Waals surface area contributed by atoms with Crippen LogP contribution < -0.4 is 11.1 Å². The molecule has 0 aliphatic heterocycles. The van der Waals surface area contributed by atoms with E-state index in [4.69, 9.17) is 10.2 Å². The van der Waals surface area contributed by atoms with Gasteiger partial charge in [0.05, 0.1) is 18.3 Å². The van der Waals surface area contributed by atoms with Crippen molar-refractivity contribution in [2.75, 3.05) is 19.6 Å². The largest absolute Gasteiger partial charge is 0.468 e. The van der Waals surface area contributed by atoms with Crippen molar-refractivity contribution in [2.24, 2.45) is 11.7 Å². The van der Waals surface area contributed by atoms with Gasteiger partial charge in [-0.3, -0.25) is 9.69 Å². The van der Waals surface area contributed by atoms with Crippen molar-refractivity contribution in [1.29, 1.82) is 0 Å². The minimum atomic E-state index is -0.469. The summed E-state index contributed by atoms with van der Waals surface area (Å²) in [4.78, 5) is 14.2. The van der Waals surface area contributed by atoms with Gasteiger partial charge in [-0.15, -0.1) is 12.4 Å². The number of nitrogens with one attached hydrogen (secondary N) is 1. The highest BCUT2D eigenvalue weighted by Crippen LogP contribution is 2.20. The summed E-state index contributed by atoms with van der Waals surface area (Å²) in [6.45, 7) is 10.4. The van der Waals surface area contributed by atoms with Crippen molar-refractivity contribution in [1.82, 2.24) is 10.2 Å². The van der Waals surface area contributed by atoms with Gasteiger partial charge >= 0.3 is 0 Å². The monoisotopic (exact) mass is 317 g/mol. The molecule has 0 saturated carbocycles. The molecule has 0 radical (unpaired) electrons. The number of hydrogen-bond acceptors (Lipinski definition) is 4. The highest BCUT2D eigenvalue weighted by molar-refractivity contribution is 5.85. The Labute approximate surface area is 133 Å². The molecule has 0 bridgehead atoms. The lowest BCUT2D eigenvalue weighted by Crippen LogP contribution is -2.47. The number of amides is 1. The quantitative estimate of drug-likeness (QED) is 0.771. The lowest BCUT2D eigenvalue weighted by molar-refractivity contribution is -0.123. The first-order valence-corrected chi connectivity index (χ1v) is 7.31. The smallest absolute Gasteiger partial charge is 0.237 e. The molecule has 21 heavy (non-hydrogen) atoms. The Morgan fingerprint density at radius 1 is 1.38 bits per heavy atom. The molecule has 0 aliphatic carbocycles. The van der Waals surface area contributed by atoms with Gasteiger partial charge in [0, 0.05) is 6.54 Å². The number of nitrogens with two attached hydrogens (primary N) is 1. The summed E-state index contributed by atoms with van der Waals surface area (Å²) in [7, 11) is 0. The van der Waals surface area contributed by atoms with E-state index in [0.29, 0.717) is 6.54 Å². The van der Waals surface area contributed by atoms with Crippen LogP contribution in [0.2, 0.25) is 0 Å². The first-order chi connectivity index (χ1) is 9.51. The van der Waals surface area contributed by atoms with Crippen molar-refractivity contribution in [3.63, 3.8) is 0 Å². The van der Waals surface area contributed by atoms with Crippen LogP contribution in [0.4, 0.5) is 0 Å². The Morgan fingerprint density at radius 3 is 2.43 bits per heavy atom. The molecule has 0 saturated heterocycles. The molecule has 1 aromatic rings. The van der Waals surface area contributed by atoms with Crippen LogP contribution >= 0.6 is 12.4 Å².